The largest absolute Gasteiger partial charge is 0.379 e. The second-order valence-electron chi connectivity index (χ2n) is 5.51. The van der Waals surface area contributed by atoms with Crippen LogP contribution in [-0.4, -0.2) is 75.4 Å². The highest BCUT2D eigenvalue weighted by molar-refractivity contribution is 4.95. The Hall–Kier alpha value is -0.160. The van der Waals surface area contributed by atoms with Gasteiger partial charge in [-0.05, 0) is 39.9 Å². The number of rotatable bonds is 7. The molecule has 0 aromatic carbocycles. The van der Waals surface area contributed by atoms with Crippen molar-refractivity contribution in [3.8, 4) is 0 Å². The molecule has 0 bridgehead atoms. The lowest BCUT2D eigenvalue weighted by Gasteiger charge is -2.21. The summed E-state index contributed by atoms with van der Waals surface area (Å²) in [6.07, 6.45) is 4.10. The Bertz CT molecular complexity index is 223. The molecule has 4 nitrogen and oxygen atoms in total. The molecule has 0 radical (unpaired) electrons. The summed E-state index contributed by atoms with van der Waals surface area (Å²) in [5.41, 5.74) is 0. The summed E-state index contributed by atoms with van der Waals surface area (Å²) in [7, 11) is 4.16. The Kier molecular flexibility index (Phi) is 5.22. The SMILES string of the molecule is CN(C)CCOCCNC1CCN2CCCC12. The third-order valence-corrected chi connectivity index (χ3v) is 3.94. The van der Waals surface area contributed by atoms with E-state index >= 15 is 0 Å². The van der Waals surface area contributed by atoms with Crippen LogP contribution in [0.2, 0.25) is 0 Å². The van der Waals surface area contributed by atoms with E-state index in [-0.39, 0.29) is 0 Å². The highest BCUT2D eigenvalue weighted by atomic mass is 16.5. The van der Waals surface area contributed by atoms with Crippen molar-refractivity contribution in [2.45, 2.75) is 31.3 Å². The maximum Gasteiger partial charge on any atom is 0.0593 e. The Morgan fingerprint density at radius 2 is 2.12 bits per heavy atom. The minimum Gasteiger partial charge on any atom is -0.379 e. The topological polar surface area (TPSA) is 27.7 Å². The number of ether oxygens (including phenoxy) is 1. The van der Waals surface area contributed by atoms with Crippen LogP contribution in [-0.2, 0) is 4.74 Å². The van der Waals surface area contributed by atoms with Crippen molar-refractivity contribution in [1.82, 2.24) is 15.1 Å². The lowest BCUT2D eigenvalue weighted by molar-refractivity contribution is 0.116. The Labute approximate surface area is 105 Å². The van der Waals surface area contributed by atoms with Crippen LogP contribution in [0, 0.1) is 0 Å². The van der Waals surface area contributed by atoms with Gasteiger partial charge in [-0.25, -0.2) is 0 Å². The summed E-state index contributed by atoms with van der Waals surface area (Å²) in [5.74, 6) is 0. The normalized spacial score (nSPS) is 29.1. The van der Waals surface area contributed by atoms with E-state index in [1.54, 1.807) is 0 Å². The lowest BCUT2D eigenvalue weighted by atomic mass is 10.1. The van der Waals surface area contributed by atoms with E-state index in [4.69, 9.17) is 4.74 Å². The molecule has 0 amide bonds. The molecular formula is C13H27N3O. The summed E-state index contributed by atoms with van der Waals surface area (Å²) in [6, 6.07) is 1.53. The van der Waals surface area contributed by atoms with Gasteiger partial charge in [-0.2, -0.15) is 0 Å². The van der Waals surface area contributed by atoms with Crippen LogP contribution in [0.25, 0.3) is 0 Å². The Morgan fingerprint density at radius 1 is 1.24 bits per heavy atom. The number of nitrogens with one attached hydrogen (secondary N) is 1. The monoisotopic (exact) mass is 241 g/mol. The van der Waals surface area contributed by atoms with E-state index in [9.17, 15) is 0 Å². The van der Waals surface area contributed by atoms with Crippen LogP contribution in [0.5, 0.6) is 0 Å². The molecule has 2 aliphatic rings. The maximum atomic E-state index is 5.60. The van der Waals surface area contributed by atoms with Crippen molar-refractivity contribution in [2.75, 3.05) is 53.5 Å². The van der Waals surface area contributed by atoms with Gasteiger partial charge in [0.2, 0.25) is 0 Å². The van der Waals surface area contributed by atoms with E-state index in [1.165, 1.54) is 32.4 Å². The van der Waals surface area contributed by atoms with Gasteiger partial charge < -0.3 is 15.0 Å². The fourth-order valence-corrected chi connectivity index (χ4v) is 2.99. The van der Waals surface area contributed by atoms with Crippen LogP contribution < -0.4 is 5.32 Å². The first-order chi connectivity index (χ1) is 8.27. The van der Waals surface area contributed by atoms with Crippen LogP contribution in [0.15, 0.2) is 0 Å². The standard InChI is InChI=1S/C13H27N3O/c1-15(2)9-11-17-10-6-14-12-5-8-16-7-3-4-13(12)16/h12-14H,3-11H2,1-2H3. The molecule has 0 aliphatic carbocycles. The van der Waals surface area contributed by atoms with Crippen molar-refractivity contribution in [3.05, 3.63) is 0 Å². The summed E-state index contributed by atoms with van der Waals surface area (Å²) >= 11 is 0. The molecule has 2 atom stereocenters. The molecule has 0 spiro atoms. The van der Waals surface area contributed by atoms with Crippen molar-refractivity contribution < 1.29 is 4.74 Å². The van der Waals surface area contributed by atoms with Crippen molar-refractivity contribution >= 4 is 0 Å². The predicted molar refractivity (Wildman–Crippen MR) is 70.4 cm³/mol. The van der Waals surface area contributed by atoms with Crippen LogP contribution in [0.4, 0.5) is 0 Å². The van der Waals surface area contributed by atoms with Crippen LogP contribution >= 0.6 is 0 Å². The minimum absolute atomic E-state index is 0.718. The lowest BCUT2D eigenvalue weighted by Crippen LogP contribution is -2.40. The van der Waals surface area contributed by atoms with E-state index in [0.29, 0.717) is 0 Å². The van der Waals surface area contributed by atoms with Crippen molar-refractivity contribution in [1.29, 1.82) is 0 Å². The second-order valence-corrected chi connectivity index (χ2v) is 5.51. The maximum absolute atomic E-state index is 5.60. The highest BCUT2D eigenvalue weighted by Crippen LogP contribution is 2.27. The van der Waals surface area contributed by atoms with Gasteiger partial charge in [0.15, 0.2) is 0 Å². The van der Waals surface area contributed by atoms with Gasteiger partial charge in [0.05, 0.1) is 13.2 Å². The first-order valence-corrected chi connectivity index (χ1v) is 6.97. The highest BCUT2D eigenvalue weighted by Gasteiger charge is 2.36. The van der Waals surface area contributed by atoms with Gasteiger partial charge in [0, 0.05) is 31.7 Å². The zero-order valence-electron chi connectivity index (χ0n) is 11.3. The molecule has 2 rings (SSSR count). The molecule has 2 unspecified atom stereocenters. The average molecular weight is 241 g/mol. The molecule has 2 fully saturated rings. The molecule has 1 N–H and O–H groups in total. The zero-order valence-corrected chi connectivity index (χ0v) is 11.3. The van der Waals surface area contributed by atoms with E-state index in [1.807, 2.05) is 0 Å². The zero-order chi connectivity index (χ0) is 12.1. The number of likely N-dealkylation sites (N-methyl/N-ethyl adjacent to an activating group) is 1. The molecular weight excluding hydrogens is 214 g/mol. The number of nitrogens with zero attached hydrogens (tertiary/aromatic N) is 2. The third kappa shape index (κ3) is 3.91. The van der Waals surface area contributed by atoms with Gasteiger partial charge in [0.25, 0.3) is 0 Å². The quantitative estimate of drug-likeness (QED) is 0.653. The molecule has 0 aromatic heterocycles. The van der Waals surface area contributed by atoms with Crippen molar-refractivity contribution in [2.24, 2.45) is 0 Å². The van der Waals surface area contributed by atoms with E-state index in [2.05, 4.69) is 29.2 Å². The summed E-state index contributed by atoms with van der Waals surface area (Å²) < 4.78 is 5.60. The minimum atomic E-state index is 0.718. The molecule has 0 aromatic rings. The molecule has 2 aliphatic heterocycles. The number of hydrogen-bond donors (Lipinski definition) is 1. The predicted octanol–water partition coefficient (Wildman–Crippen LogP) is 0.391. The third-order valence-electron chi connectivity index (χ3n) is 3.94. The van der Waals surface area contributed by atoms with E-state index in [0.717, 1.165) is 38.4 Å². The fourth-order valence-electron chi connectivity index (χ4n) is 2.99. The smallest absolute Gasteiger partial charge is 0.0593 e. The Balaban J connectivity index is 1.51. The van der Waals surface area contributed by atoms with Gasteiger partial charge in [-0.15, -0.1) is 0 Å². The van der Waals surface area contributed by atoms with Crippen LogP contribution in [0.3, 0.4) is 0 Å². The summed E-state index contributed by atoms with van der Waals surface area (Å²) in [6.45, 7) is 6.32. The molecule has 0 saturated carbocycles. The van der Waals surface area contributed by atoms with Crippen molar-refractivity contribution in [3.63, 3.8) is 0 Å². The van der Waals surface area contributed by atoms with Gasteiger partial charge in [0.1, 0.15) is 0 Å². The number of hydrogen-bond acceptors (Lipinski definition) is 4. The Morgan fingerprint density at radius 3 is 2.94 bits per heavy atom. The molecule has 100 valence electrons. The molecule has 2 heterocycles. The summed E-state index contributed by atoms with van der Waals surface area (Å²) in [4.78, 5) is 4.80. The molecule has 17 heavy (non-hydrogen) atoms. The molecule has 4 heteroatoms. The molecule has 2 saturated heterocycles. The van der Waals surface area contributed by atoms with Crippen LogP contribution in [0.1, 0.15) is 19.3 Å². The second kappa shape index (κ2) is 6.69. The first-order valence-electron chi connectivity index (χ1n) is 6.97. The van der Waals surface area contributed by atoms with E-state index < -0.39 is 0 Å². The first kappa shape index (κ1) is 13.3. The number of fused-ring (bicyclic) bond motifs is 1. The average Bonchev–Trinajstić information content (AvgIpc) is 2.86. The van der Waals surface area contributed by atoms with Gasteiger partial charge in [-0.1, -0.05) is 0 Å². The fraction of sp³-hybridized carbons (Fsp3) is 1.00. The summed E-state index contributed by atoms with van der Waals surface area (Å²) in [5, 5.41) is 3.66. The van der Waals surface area contributed by atoms with Gasteiger partial charge in [-0.3, -0.25) is 4.90 Å². The van der Waals surface area contributed by atoms with Gasteiger partial charge >= 0.3 is 0 Å².